The number of fused-ring (bicyclic) bond motifs is 2. The highest BCUT2D eigenvalue weighted by Gasteiger charge is 2.49. The summed E-state index contributed by atoms with van der Waals surface area (Å²) in [6.07, 6.45) is 7.07. The zero-order valence-corrected chi connectivity index (χ0v) is 41.4. The number of piperidine rings is 2. The van der Waals surface area contributed by atoms with Gasteiger partial charge >= 0.3 is 0 Å². The molecule has 1 unspecified atom stereocenters. The number of aromatic nitrogens is 3. The van der Waals surface area contributed by atoms with Crippen molar-refractivity contribution in [2.24, 2.45) is 13.0 Å². The standard InChI is InChI=1S/C54H61F3N10O5/c1-32-27-63(28-34-6-7-45-39(22-34)54(2,3)53(72)67(45)46-8-9-47(68)60-51(46)70)20-21-65(32)29-33-11-18-64(19-12-33)52(71)36-23-40(55)49(41(56)24-36)35-13-16-62(17-14-35)30-37-25-38-44(10-15-59-50(38)61(37)5)66-31-42(57)43(58-4)26-48(66)69/h6-7,10,13,15,22-26,31-33,46,58H,8-9,11-12,14,16-21,27-30H2,1-5H3,(H,60,68,70)/t32-,46?/m0/s1. The summed E-state index contributed by atoms with van der Waals surface area (Å²) in [6.45, 7) is 12.8. The van der Waals surface area contributed by atoms with Crippen LogP contribution in [0.4, 0.5) is 24.5 Å². The van der Waals surface area contributed by atoms with Crippen molar-refractivity contribution in [2.75, 3.05) is 69.6 Å². The lowest BCUT2D eigenvalue weighted by Crippen LogP contribution is -2.55. The van der Waals surface area contributed by atoms with Crippen LogP contribution in [-0.4, -0.2) is 129 Å². The Labute approximate surface area is 416 Å². The van der Waals surface area contributed by atoms with Gasteiger partial charge in [0.05, 0.1) is 23.0 Å². The largest absolute Gasteiger partial charge is 0.386 e. The molecule has 5 aliphatic heterocycles. The van der Waals surface area contributed by atoms with E-state index < -0.39 is 34.8 Å². The first-order valence-electron chi connectivity index (χ1n) is 25.0. The summed E-state index contributed by atoms with van der Waals surface area (Å²) in [5.74, 6) is -2.94. The number of pyridine rings is 2. The molecule has 5 aliphatic rings. The fraction of sp³-hybridized carbons (Fsp3) is 0.444. The second kappa shape index (κ2) is 19.4. The number of nitrogens with zero attached hydrogens (tertiary/aromatic N) is 8. The minimum atomic E-state index is -0.804. The fourth-order valence-corrected chi connectivity index (χ4v) is 11.6. The van der Waals surface area contributed by atoms with Gasteiger partial charge in [-0.2, -0.15) is 0 Å². The molecular formula is C54H61F3N10O5. The third-order valence-corrected chi connectivity index (χ3v) is 15.7. The SMILES string of the molecule is CNc1cc(=O)n(-c2ccnc3c2cc(CN2CC=C(c4c(F)cc(C(=O)N5CCC(CN6CCN(Cc7ccc8c(c7)C(C)(C)C(=O)N8C7CCC(=O)NC7=O)C[C@@H]6C)CC5)cc4F)CC2)n3C)cc1F. The molecular weight excluding hydrogens is 926 g/mol. The number of hydrogen-bond donors (Lipinski definition) is 2. The van der Waals surface area contributed by atoms with Gasteiger partial charge in [-0.1, -0.05) is 18.2 Å². The molecule has 0 saturated carbocycles. The van der Waals surface area contributed by atoms with Crippen molar-refractivity contribution in [1.29, 1.82) is 0 Å². The molecule has 0 spiro atoms. The number of amides is 4. The van der Waals surface area contributed by atoms with Gasteiger partial charge in [0.15, 0.2) is 5.82 Å². The number of anilines is 2. The molecule has 378 valence electrons. The number of nitrogens with one attached hydrogen (secondary N) is 2. The lowest BCUT2D eigenvalue weighted by molar-refractivity contribution is -0.136. The summed E-state index contributed by atoms with van der Waals surface area (Å²) < 4.78 is 49.6. The van der Waals surface area contributed by atoms with Gasteiger partial charge in [-0.15, -0.1) is 0 Å². The minimum absolute atomic E-state index is 0.00637. The highest BCUT2D eigenvalue weighted by molar-refractivity contribution is 6.13. The molecule has 2 N–H and O–H groups in total. The molecule has 3 fully saturated rings. The molecule has 8 heterocycles. The Kier molecular flexibility index (Phi) is 13.2. The molecule has 72 heavy (non-hydrogen) atoms. The van der Waals surface area contributed by atoms with E-state index in [-0.39, 0.29) is 46.5 Å². The Balaban J connectivity index is 0.710. The number of halogens is 3. The zero-order valence-electron chi connectivity index (χ0n) is 41.4. The summed E-state index contributed by atoms with van der Waals surface area (Å²) in [5, 5.41) is 5.77. The maximum atomic E-state index is 15.8. The van der Waals surface area contributed by atoms with Gasteiger partial charge in [0.1, 0.15) is 23.3 Å². The number of benzene rings is 2. The van der Waals surface area contributed by atoms with E-state index in [0.717, 1.165) is 74.3 Å². The van der Waals surface area contributed by atoms with Gasteiger partial charge in [0, 0.05) is 132 Å². The normalized spacial score (nSPS) is 21.3. The molecule has 0 aliphatic carbocycles. The van der Waals surface area contributed by atoms with Crippen LogP contribution < -0.4 is 21.1 Å². The van der Waals surface area contributed by atoms with Gasteiger partial charge in [0.25, 0.3) is 11.5 Å². The van der Waals surface area contributed by atoms with Crippen LogP contribution in [0, 0.1) is 23.4 Å². The van der Waals surface area contributed by atoms with Gasteiger partial charge in [-0.05, 0) is 99.4 Å². The summed E-state index contributed by atoms with van der Waals surface area (Å²) in [4.78, 5) is 79.8. The van der Waals surface area contributed by atoms with Crippen LogP contribution in [0.3, 0.4) is 0 Å². The monoisotopic (exact) mass is 986 g/mol. The number of piperazine rings is 1. The van der Waals surface area contributed by atoms with Crippen molar-refractivity contribution in [1.82, 2.24) is 39.0 Å². The predicted octanol–water partition coefficient (Wildman–Crippen LogP) is 5.96. The second-order valence-corrected chi connectivity index (χ2v) is 20.7. The van der Waals surface area contributed by atoms with Crippen molar-refractivity contribution in [3.05, 3.63) is 123 Å². The van der Waals surface area contributed by atoms with E-state index in [0.29, 0.717) is 79.8 Å². The Hall–Kier alpha value is -6.63. The molecule has 0 radical (unpaired) electrons. The van der Waals surface area contributed by atoms with E-state index in [2.05, 4.69) is 43.3 Å². The quantitative estimate of drug-likeness (QED) is 0.152. The van der Waals surface area contributed by atoms with Crippen LogP contribution >= 0.6 is 0 Å². The molecule has 3 saturated heterocycles. The summed E-state index contributed by atoms with van der Waals surface area (Å²) in [5.41, 5.74) is 4.12. The molecule has 15 nitrogen and oxygen atoms in total. The van der Waals surface area contributed by atoms with Crippen molar-refractivity contribution in [3.63, 3.8) is 0 Å². The van der Waals surface area contributed by atoms with Gasteiger partial charge < -0.3 is 14.8 Å². The Bertz CT molecular complexity index is 3080. The third-order valence-electron chi connectivity index (χ3n) is 15.7. The molecule has 4 amide bonds. The van der Waals surface area contributed by atoms with E-state index in [1.54, 1.807) is 29.1 Å². The first-order valence-corrected chi connectivity index (χ1v) is 25.0. The predicted molar refractivity (Wildman–Crippen MR) is 268 cm³/mol. The van der Waals surface area contributed by atoms with Crippen LogP contribution in [0.5, 0.6) is 0 Å². The van der Waals surface area contributed by atoms with Crippen molar-refractivity contribution in [3.8, 4) is 5.69 Å². The number of aryl methyl sites for hydroxylation is 1. The first-order chi connectivity index (χ1) is 34.5. The van der Waals surface area contributed by atoms with Crippen LogP contribution in [0.2, 0.25) is 0 Å². The number of hydrogen-bond acceptors (Lipinski definition) is 10. The Morgan fingerprint density at radius 3 is 2.32 bits per heavy atom. The Morgan fingerprint density at radius 1 is 0.861 bits per heavy atom. The van der Waals surface area contributed by atoms with Gasteiger partial charge in [0.2, 0.25) is 17.7 Å². The number of rotatable bonds is 11. The number of likely N-dealkylation sites (tertiary alicyclic amines) is 1. The molecule has 3 aromatic heterocycles. The Morgan fingerprint density at radius 2 is 1.62 bits per heavy atom. The summed E-state index contributed by atoms with van der Waals surface area (Å²) in [6, 6.07) is 12.8. The highest BCUT2D eigenvalue weighted by atomic mass is 19.1. The third kappa shape index (κ3) is 9.12. The average molecular weight is 987 g/mol. The first kappa shape index (κ1) is 49.0. The molecule has 18 heteroatoms. The van der Waals surface area contributed by atoms with Crippen LogP contribution in [0.1, 0.15) is 85.6 Å². The van der Waals surface area contributed by atoms with Crippen molar-refractivity contribution < 1.29 is 32.3 Å². The number of carbonyl (C=O) groups excluding carboxylic acids is 4. The summed E-state index contributed by atoms with van der Waals surface area (Å²) in [7, 11) is 3.43. The highest BCUT2D eigenvalue weighted by Crippen LogP contribution is 2.44. The van der Waals surface area contributed by atoms with Crippen LogP contribution in [0.15, 0.2) is 71.8 Å². The smallest absolute Gasteiger partial charge is 0.257 e. The molecule has 2 atom stereocenters. The molecule has 10 rings (SSSR count). The lowest BCUT2D eigenvalue weighted by atomic mass is 9.85. The van der Waals surface area contributed by atoms with E-state index in [1.165, 1.54) is 22.8 Å². The van der Waals surface area contributed by atoms with E-state index in [4.69, 9.17) is 0 Å². The maximum absolute atomic E-state index is 15.8. The van der Waals surface area contributed by atoms with Crippen molar-refractivity contribution >= 4 is 51.6 Å². The molecule has 5 aromatic rings. The van der Waals surface area contributed by atoms with E-state index in [1.807, 2.05) is 49.7 Å². The maximum Gasteiger partial charge on any atom is 0.257 e. The van der Waals surface area contributed by atoms with E-state index >= 15 is 8.78 Å². The number of carbonyl (C=O) groups is 4. The number of imide groups is 1. The van der Waals surface area contributed by atoms with Gasteiger partial charge in [-0.3, -0.25) is 53.5 Å². The second-order valence-electron chi connectivity index (χ2n) is 20.7. The average Bonchev–Trinajstić information content (AvgIpc) is 3.77. The topological polar surface area (TPSA) is 148 Å². The van der Waals surface area contributed by atoms with Gasteiger partial charge in [-0.25, -0.2) is 18.2 Å². The minimum Gasteiger partial charge on any atom is -0.386 e. The molecule has 2 aromatic carbocycles. The lowest BCUT2D eigenvalue weighted by Gasteiger charge is -2.42. The van der Waals surface area contributed by atoms with Crippen LogP contribution in [-0.2, 0) is 39.9 Å². The van der Waals surface area contributed by atoms with E-state index in [9.17, 15) is 28.4 Å². The van der Waals surface area contributed by atoms with Crippen LogP contribution in [0.25, 0.3) is 22.3 Å². The fourth-order valence-electron chi connectivity index (χ4n) is 11.6. The summed E-state index contributed by atoms with van der Waals surface area (Å²) >= 11 is 0. The van der Waals surface area contributed by atoms with Crippen molar-refractivity contribution in [2.45, 2.75) is 83.5 Å². The molecule has 0 bridgehead atoms. The zero-order chi connectivity index (χ0) is 50.7.